The van der Waals surface area contributed by atoms with Crippen LogP contribution in [0.3, 0.4) is 0 Å². The second-order valence-corrected chi connectivity index (χ2v) is 3.70. The number of nitrogens with zero attached hydrogens (tertiary/aromatic N) is 3. The third-order valence-electron chi connectivity index (χ3n) is 2.00. The molecule has 2 N–H and O–H groups in total. The molecule has 4 nitrogen and oxygen atoms in total. The molecular formula is C10H14N4. The summed E-state index contributed by atoms with van der Waals surface area (Å²) in [6.07, 6.45) is 3.88. The molecule has 0 saturated heterocycles. The molecule has 0 spiro atoms. The molecular weight excluding hydrogens is 176 g/mol. The monoisotopic (exact) mass is 190 g/mol. The Kier molecular flexibility index (Phi) is 2.13. The van der Waals surface area contributed by atoms with Crippen LogP contribution < -0.4 is 5.73 Å². The summed E-state index contributed by atoms with van der Waals surface area (Å²) in [6, 6.07) is 3.79. The van der Waals surface area contributed by atoms with Crippen molar-refractivity contribution in [1.29, 1.82) is 0 Å². The van der Waals surface area contributed by atoms with E-state index in [0.717, 1.165) is 23.6 Å². The zero-order valence-electron chi connectivity index (χ0n) is 8.44. The van der Waals surface area contributed by atoms with Crippen LogP contribution in [0.1, 0.15) is 5.69 Å². The third kappa shape index (κ3) is 1.70. The molecule has 0 aliphatic rings. The van der Waals surface area contributed by atoms with Gasteiger partial charge in [-0.1, -0.05) is 0 Å². The van der Waals surface area contributed by atoms with Gasteiger partial charge in [-0.25, -0.2) is 4.98 Å². The highest BCUT2D eigenvalue weighted by Crippen LogP contribution is 2.09. The van der Waals surface area contributed by atoms with E-state index in [-0.39, 0.29) is 0 Å². The van der Waals surface area contributed by atoms with Crippen LogP contribution in [-0.2, 0) is 6.54 Å². The van der Waals surface area contributed by atoms with Gasteiger partial charge in [0.05, 0.1) is 5.69 Å². The standard InChI is InChI=1S/C10H14N4/c1-13(2)6-9-7-14-5-8(11)3-4-10(14)12-9/h3-5,7H,6,11H2,1-2H3. The van der Waals surface area contributed by atoms with Gasteiger partial charge in [0.15, 0.2) is 0 Å². The molecule has 0 saturated carbocycles. The van der Waals surface area contributed by atoms with Crippen molar-refractivity contribution in [2.24, 2.45) is 0 Å². The number of fused-ring (bicyclic) bond motifs is 1. The Labute approximate surface area is 83.0 Å². The summed E-state index contributed by atoms with van der Waals surface area (Å²) in [5, 5.41) is 0. The predicted octanol–water partition coefficient (Wildman–Crippen LogP) is 0.978. The average molecular weight is 190 g/mol. The maximum atomic E-state index is 5.68. The summed E-state index contributed by atoms with van der Waals surface area (Å²) < 4.78 is 1.95. The number of nitrogens with two attached hydrogens (primary N) is 1. The molecule has 0 aliphatic heterocycles. The number of anilines is 1. The molecule has 0 radical (unpaired) electrons. The number of imidazole rings is 1. The first-order valence-corrected chi connectivity index (χ1v) is 4.53. The molecule has 0 amide bonds. The van der Waals surface area contributed by atoms with Gasteiger partial charge in [0.25, 0.3) is 0 Å². The molecule has 2 aromatic heterocycles. The largest absolute Gasteiger partial charge is 0.398 e. The number of nitrogen functional groups attached to an aromatic ring is 1. The Bertz CT molecular complexity index is 444. The smallest absolute Gasteiger partial charge is 0.137 e. The van der Waals surface area contributed by atoms with E-state index < -0.39 is 0 Å². The van der Waals surface area contributed by atoms with Crippen molar-refractivity contribution >= 4 is 11.3 Å². The lowest BCUT2D eigenvalue weighted by Crippen LogP contribution is -2.10. The Morgan fingerprint density at radius 2 is 2.14 bits per heavy atom. The number of hydrogen-bond donors (Lipinski definition) is 1. The fourth-order valence-electron chi connectivity index (χ4n) is 1.46. The van der Waals surface area contributed by atoms with Crippen LogP contribution in [0.25, 0.3) is 5.65 Å². The lowest BCUT2D eigenvalue weighted by Gasteiger charge is -2.04. The van der Waals surface area contributed by atoms with Crippen molar-refractivity contribution in [3.8, 4) is 0 Å². The first-order chi connectivity index (χ1) is 6.65. The molecule has 0 aromatic carbocycles. The zero-order valence-corrected chi connectivity index (χ0v) is 8.44. The van der Waals surface area contributed by atoms with Crippen LogP contribution in [-0.4, -0.2) is 28.4 Å². The van der Waals surface area contributed by atoms with Gasteiger partial charge in [-0.2, -0.15) is 0 Å². The van der Waals surface area contributed by atoms with Crippen molar-refractivity contribution in [2.45, 2.75) is 6.54 Å². The van der Waals surface area contributed by atoms with Gasteiger partial charge in [0.1, 0.15) is 5.65 Å². The molecule has 0 aliphatic carbocycles. The molecule has 0 bridgehead atoms. The van der Waals surface area contributed by atoms with Crippen LogP contribution in [0.5, 0.6) is 0 Å². The Morgan fingerprint density at radius 1 is 1.36 bits per heavy atom. The molecule has 0 atom stereocenters. The fraction of sp³-hybridized carbons (Fsp3) is 0.300. The maximum Gasteiger partial charge on any atom is 0.137 e. The minimum Gasteiger partial charge on any atom is -0.398 e. The maximum absolute atomic E-state index is 5.68. The Morgan fingerprint density at radius 3 is 2.86 bits per heavy atom. The molecule has 0 unspecified atom stereocenters. The normalized spacial score (nSPS) is 11.4. The van der Waals surface area contributed by atoms with Crippen molar-refractivity contribution in [1.82, 2.24) is 14.3 Å². The predicted molar refractivity (Wildman–Crippen MR) is 57.0 cm³/mol. The second-order valence-electron chi connectivity index (χ2n) is 3.70. The van der Waals surface area contributed by atoms with E-state index in [1.54, 1.807) is 0 Å². The highest BCUT2D eigenvalue weighted by molar-refractivity contribution is 5.48. The summed E-state index contributed by atoms with van der Waals surface area (Å²) in [5.74, 6) is 0. The fourth-order valence-corrected chi connectivity index (χ4v) is 1.46. The number of hydrogen-bond acceptors (Lipinski definition) is 3. The lowest BCUT2D eigenvalue weighted by molar-refractivity contribution is 0.398. The summed E-state index contributed by atoms with van der Waals surface area (Å²) in [6.45, 7) is 0.849. The number of rotatable bonds is 2. The molecule has 74 valence electrons. The molecule has 14 heavy (non-hydrogen) atoms. The highest BCUT2D eigenvalue weighted by Gasteiger charge is 2.02. The van der Waals surface area contributed by atoms with Crippen molar-refractivity contribution in [3.63, 3.8) is 0 Å². The summed E-state index contributed by atoms with van der Waals surface area (Å²) in [7, 11) is 4.05. The molecule has 4 heteroatoms. The Balaban J connectivity index is 2.41. The van der Waals surface area contributed by atoms with Gasteiger partial charge in [0.2, 0.25) is 0 Å². The van der Waals surface area contributed by atoms with Crippen LogP contribution >= 0.6 is 0 Å². The topological polar surface area (TPSA) is 46.6 Å². The van der Waals surface area contributed by atoms with Gasteiger partial charge in [-0.05, 0) is 26.2 Å². The van der Waals surface area contributed by atoms with Gasteiger partial charge < -0.3 is 15.0 Å². The molecule has 2 aromatic rings. The van der Waals surface area contributed by atoms with E-state index in [2.05, 4.69) is 9.88 Å². The highest BCUT2D eigenvalue weighted by atomic mass is 15.1. The summed E-state index contributed by atoms with van der Waals surface area (Å²) >= 11 is 0. The van der Waals surface area contributed by atoms with Crippen molar-refractivity contribution in [2.75, 3.05) is 19.8 Å². The van der Waals surface area contributed by atoms with Gasteiger partial charge in [-0.3, -0.25) is 0 Å². The second kappa shape index (κ2) is 3.31. The first-order valence-electron chi connectivity index (χ1n) is 4.53. The molecule has 0 fully saturated rings. The Hall–Kier alpha value is -1.55. The van der Waals surface area contributed by atoms with Crippen molar-refractivity contribution in [3.05, 3.63) is 30.2 Å². The van der Waals surface area contributed by atoms with E-state index in [4.69, 9.17) is 5.73 Å². The van der Waals surface area contributed by atoms with E-state index in [9.17, 15) is 0 Å². The minimum atomic E-state index is 0.756. The summed E-state index contributed by atoms with van der Waals surface area (Å²) in [5.41, 5.74) is 8.43. The number of pyridine rings is 1. The molecule has 2 rings (SSSR count). The zero-order chi connectivity index (χ0) is 10.1. The number of aromatic nitrogens is 2. The van der Waals surface area contributed by atoms with Crippen LogP contribution in [0, 0.1) is 0 Å². The van der Waals surface area contributed by atoms with Gasteiger partial charge in [0, 0.05) is 24.6 Å². The first kappa shape index (κ1) is 9.02. The quantitative estimate of drug-likeness (QED) is 0.767. The van der Waals surface area contributed by atoms with E-state index in [0.29, 0.717) is 0 Å². The van der Waals surface area contributed by atoms with E-state index >= 15 is 0 Å². The van der Waals surface area contributed by atoms with Crippen LogP contribution in [0.2, 0.25) is 0 Å². The van der Waals surface area contributed by atoms with Gasteiger partial charge in [-0.15, -0.1) is 0 Å². The SMILES string of the molecule is CN(C)Cc1cn2cc(N)ccc2n1. The third-order valence-corrected chi connectivity index (χ3v) is 2.00. The minimum absolute atomic E-state index is 0.756. The van der Waals surface area contributed by atoms with E-state index in [1.165, 1.54) is 0 Å². The lowest BCUT2D eigenvalue weighted by atomic mass is 10.4. The average Bonchev–Trinajstić information content (AvgIpc) is 2.44. The van der Waals surface area contributed by atoms with Crippen LogP contribution in [0.4, 0.5) is 5.69 Å². The van der Waals surface area contributed by atoms with Crippen molar-refractivity contribution < 1.29 is 0 Å². The van der Waals surface area contributed by atoms with Crippen LogP contribution in [0.15, 0.2) is 24.5 Å². The molecule has 2 heterocycles. The summed E-state index contributed by atoms with van der Waals surface area (Å²) in [4.78, 5) is 6.55. The van der Waals surface area contributed by atoms with Gasteiger partial charge >= 0.3 is 0 Å². The van der Waals surface area contributed by atoms with E-state index in [1.807, 2.05) is 43.0 Å².